The highest BCUT2D eigenvalue weighted by Gasteiger charge is 2.49. The molecule has 0 radical (unpaired) electrons. The monoisotopic (exact) mass is 434 g/mol. The third kappa shape index (κ3) is 3.71. The van der Waals surface area contributed by atoms with Crippen molar-refractivity contribution in [3.63, 3.8) is 0 Å². The largest absolute Gasteiger partial charge is 0.492 e. The van der Waals surface area contributed by atoms with Crippen LogP contribution in [0.2, 0.25) is 0 Å². The lowest BCUT2D eigenvalue weighted by Crippen LogP contribution is -2.48. The highest BCUT2D eigenvalue weighted by molar-refractivity contribution is 7.17. The van der Waals surface area contributed by atoms with Gasteiger partial charge in [0.1, 0.15) is 11.5 Å². The van der Waals surface area contributed by atoms with Crippen LogP contribution in [0.15, 0.2) is 17.5 Å². The predicted molar refractivity (Wildman–Crippen MR) is 118 cm³/mol. The molecule has 3 unspecified atom stereocenters. The van der Waals surface area contributed by atoms with E-state index in [1.54, 1.807) is 15.9 Å². The van der Waals surface area contributed by atoms with Crippen molar-refractivity contribution in [1.29, 1.82) is 0 Å². The van der Waals surface area contributed by atoms with Crippen LogP contribution in [0.4, 0.5) is 0 Å². The Labute approximate surface area is 180 Å². The molecule has 8 heteroatoms. The van der Waals surface area contributed by atoms with Gasteiger partial charge in [-0.2, -0.15) is 4.52 Å². The lowest BCUT2D eigenvalue weighted by atomic mass is 9.97. The van der Waals surface area contributed by atoms with E-state index in [-0.39, 0.29) is 17.6 Å². The molecule has 29 heavy (non-hydrogen) atoms. The summed E-state index contributed by atoms with van der Waals surface area (Å²) in [4.78, 5) is 9.81. The number of thiophene rings is 1. The molecule has 6 nitrogen and oxygen atoms in total. The number of nitrogens with zero attached hydrogens (tertiary/aromatic N) is 4. The molecule has 1 N–H and O–H groups in total. The molecule has 3 atom stereocenters. The molecule has 1 aliphatic rings. The molecule has 1 fully saturated rings. The van der Waals surface area contributed by atoms with Gasteiger partial charge in [-0.25, -0.2) is 4.98 Å². The minimum Gasteiger partial charge on any atom is -0.492 e. The Morgan fingerprint density at radius 2 is 2.21 bits per heavy atom. The Balaban J connectivity index is 1.83. The number of ether oxygens (including phenoxy) is 1. The number of aryl methyl sites for hydroxylation is 1. The van der Waals surface area contributed by atoms with E-state index in [2.05, 4.69) is 60.2 Å². The summed E-state index contributed by atoms with van der Waals surface area (Å²) in [6, 6.07) is 4.45. The molecule has 158 valence electrons. The molecule has 4 heterocycles. The molecule has 0 aromatic carbocycles. The zero-order valence-electron chi connectivity index (χ0n) is 17.8. The van der Waals surface area contributed by atoms with E-state index in [0.29, 0.717) is 24.4 Å². The van der Waals surface area contributed by atoms with Gasteiger partial charge in [-0.05, 0) is 50.5 Å². The second-order valence-corrected chi connectivity index (χ2v) is 10.4. The van der Waals surface area contributed by atoms with Gasteiger partial charge in [-0.15, -0.1) is 16.4 Å². The van der Waals surface area contributed by atoms with Gasteiger partial charge in [0, 0.05) is 10.9 Å². The van der Waals surface area contributed by atoms with E-state index >= 15 is 0 Å². The number of aromatic hydroxyl groups is 1. The van der Waals surface area contributed by atoms with E-state index in [1.165, 1.54) is 16.2 Å². The second-order valence-electron chi connectivity index (χ2n) is 8.45. The van der Waals surface area contributed by atoms with Gasteiger partial charge in [-0.1, -0.05) is 38.2 Å². The summed E-state index contributed by atoms with van der Waals surface area (Å²) in [6.07, 6.45) is 3.06. The first-order valence-corrected chi connectivity index (χ1v) is 12.0. The summed E-state index contributed by atoms with van der Waals surface area (Å²) < 4.78 is 8.01. The number of rotatable bonds is 7. The lowest BCUT2D eigenvalue weighted by molar-refractivity contribution is -0.0910. The molecular weight excluding hydrogens is 404 g/mol. The molecule has 0 amide bonds. The van der Waals surface area contributed by atoms with Crippen molar-refractivity contribution in [3.8, 4) is 5.88 Å². The summed E-state index contributed by atoms with van der Waals surface area (Å²) in [7, 11) is 0. The predicted octanol–water partition coefficient (Wildman–Crippen LogP) is 5.22. The van der Waals surface area contributed by atoms with Gasteiger partial charge >= 0.3 is 0 Å². The van der Waals surface area contributed by atoms with Gasteiger partial charge in [0.25, 0.3) is 0 Å². The minimum atomic E-state index is -0.374. The van der Waals surface area contributed by atoms with Crippen LogP contribution in [-0.4, -0.2) is 43.0 Å². The van der Waals surface area contributed by atoms with E-state index in [1.807, 2.05) is 6.92 Å². The highest BCUT2D eigenvalue weighted by Crippen LogP contribution is 2.48. The number of hydrogen-bond donors (Lipinski definition) is 1. The Hall–Kier alpha value is -1.48. The lowest BCUT2D eigenvalue weighted by Gasteiger charge is -2.41. The fourth-order valence-electron chi connectivity index (χ4n) is 4.24. The zero-order chi connectivity index (χ0) is 20.8. The molecule has 1 aliphatic heterocycles. The summed E-state index contributed by atoms with van der Waals surface area (Å²) in [6.45, 7) is 11.5. The Bertz CT molecular complexity index is 965. The highest BCUT2D eigenvalue weighted by atomic mass is 32.1. The third-order valence-electron chi connectivity index (χ3n) is 5.83. The smallest absolute Gasteiger partial charge is 0.230 e. The van der Waals surface area contributed by atoms with Crippen molar-refractivity contribution >= 4 is 27.6 Å². The van der Waals surface area contributed by atoms with Crippen LogP contribution in [0.1, 0.15) is 68.6 Å². The van der Waals surface area contributed by atoms with E-state index in [0.717, 1.165) is 29.1 Å². The van der Waals surface area contributed by atoms with Gasteiger partial charge in [0.05, 0.1) is 17.5 Å². The van der Waals surface area contributed by atoms with E-state index in [4.69, 9.17) is 4.74 Å². The van der Waals surface area contributed by atoms with Crippen LogP contribution in [0.25, 0.3) is 4.96 Å². The van der Waals surface area contributed by atoms with Crippen LogP contribution >= 0.6 is 22.7 Å². The first-order valence-electron chi connectivity index (χ1n) is 10.3. The average Bonchev–Trinajstić information content (AvgIpc) is 3.43. The molecule has 1 saturated heterocycles. The molecule has 0 saturated carbocycles. The summed E-state index contributed by atoms with van der Waals surface area (Å²) in [5.74, 6) is 1.48. The van der Waals surface area contributed by atoms with Crippen LogP contribution < -0.4 is 0 Å². The second kappa shape index (κ2) is 7.98. The Kier molecular flexibility index (Phi) is 5.72. The van der Waals surface area contributed by atoms with E-state index in [9.17, 15) is 5.11 Å². The average molecular weight is 435 g/mol. The molecule has 3 aromatic heterocycles. The first kappa shape index (κ1) is 20.8. The molecule has 3 aromatic rings. The SMILES string of the molecule is CCC1COC(C)(CCC(C)C)N1C(c1cccs1)c1sc2nc(C)nn2c1O. The number of hydrogen-bond acceptors (Lipinski definition) is 7. The topological polar surface area (TPSA) is 62.9 Å². The van der Waals surface area contributed by atoms with Crippen LogP contribution in [-0.2, 0) is 4.74 Å². The number of fused-ring (bicyclic) bond motifs is 1. The van der Waals surface area contributed by atoms with Crippen molar-refractivity contribution in [1.82, 2.24) is 19.5 Å². The van der Waals surface area contributed by atoms with Crippen LogP contribution in [0.5, 0.6) is 5.88 Å². The maximum Gasteiger partial charge on any atom is 0.230 e. The molecule has 0 spiro atoms. The summed E-state index contributed by atoms with van der Waals surface area (Å²) in [5, 5.41) is 17.6. The maximum atomic E-state index is 11.1. The van der Waals surface area contributed by atoms with Gasteiger partial charge in [0.15, 0.2) is 0 Å². The molecule has 4 rings (SSSR count). The van der Waals surface area contributed by atoms with Crippen LogP contribution in [0.3, 0.4) is 0 Å². The fourth-order valence-corrected chi connectivity index (χ4v) is 6.26. The van der Waals surface area contributed by atoms with E-state index < -0.39 is 0 Å². The summed E-state index contributed by atoms with van der Waals surface area (Å²) in [5.41, 5.74) is -0.374. The fraction of sp³-hybridized carbons (Fsp3) is 0.619. The molecular formula is C21H30N4O2S2. The van der Waals surface area contributed by atoms with Crippen LogP contribution in [0, 0.1) is 12.8 Å². The van der Waals surface area contributed by atoms with Gasteiger partial charge in [-0.3, -0.25) is 4.90 Å². The van der Waals surface area contributed by atoms with Gasteiger partial charge in [0.2, 0.25) is 10.8 Å². The Morgan fingerprint density at radius 3 is 2.83 bits per heavy atom. The maximum absolute atomic E-state index is 11.1. The standard InChI is InChI=1S/C21H30N4O2S2/c1-6-15-12-27-21(5,10-9-13(2)3)24(15)17(16-8-7-11-28-16)18-19(26)25-20(29-18)22-14(4)23-25/h7-8,11,13,15,17,26H,6,9-10,12H2,1-5H3. The van der Waals surface area contributed by atoms with Crippen molar-refractivity contribution in [2.45, 2.75) is 71.7 Å². The van der Waals surface area contributed by atoms with Gasteiger partial charge < -0.3 is 9.84 Å². The molecule has 0 aliphatic carbocycles. The zero-order valence-corrected chi connectivity index (χ0v) is 19.4. The normalized spacial score (nSPS) is 24.1. The first-order chi connectivity index (χ1) is 13.8. The van der Waals surface area contributed by atoms with Crippen molar-refractivity contribution in [2.24, 2.45) is 5.92 Å². The summed E-state index contributed by atoms with van der Waals surface area (Å²) >= 11 is 3.25. The third-order valence-corrected chi connectivity index (χ3v) is 7.83. The van der Waals surface area contributed by atoms with Crippen molar-refractivity contribution < 1.29 is 9.84 Å². The number of thiazole rings is 1. The minimum absolute atomic E-state index is 0.0755. The molecule has 0 bridgehead atoms. The van der Waals surface area contributed by atoms with Crippen molar-refractivity contribution in [2.75, 3.05) is 6.61 Å². The van der Waals surface area contributed by atoms with Crippen molar-refractivity contribution in [3.05, 3.63) is 33.1 Å². The Morgan fingerprint density at radius 1 is 1.41 bits per heavy atom. The quantitative estimate of drug-likeness (QED) is 0.552. The number of aromatic nitrogens is 3.